The Morgan fingerprint density at radius 2 is 2.35 bits per heavy atom. The van der Waals surface area contributed by atoms with Crippen molar-refractivity contribution in [3.63, 3.8) is 0 Å². The average molecular weight is 273 g/mol. The number of sulfonamides is 1. The Kier molecular flexibility index (Phi) is 5.05. The highest BCUT2D eigenvalue weighted by Crippen LogP contribution is 2.17. The minimum Gasteiger partial charge on any atom is -0.249 e. The molecule has 0 spiro atoms. The minimum atomic E-state index is -3.54. The van der Waals surface area contributed by atoms with E-state index in [0.29, 0.717) is 0 Å². The highest BCUT2D eigenvalue weighted by Gasteiger charge is 2.23. The molecule has 1 aromatic rings. The highest BCUT2D eigenvalue weighted by atomic mass is 32.2. The van der Waals surface area contributed by atoms with Gasteiger partial charge in [0.15, 0.2) is 5.25 Å². The molecule has 0 saturated carbocycles. The van der Waals surface area contributed by atoms with Gasteiger partial charge < -0.3 is 0 Å². The van der Waals surface area contributed by atoms with Crippen LogP contribution in [0.15, 0.2) is 11.6 Å². The van der Waals surface area contributed by atoms with Gasteiger partial charge in [0.25, 0.3) is 0 Å². The molecule has 94 valence electrons. The highest BCUT2D eigenvalue weighted by molar-refractivity contribution is 7.90. The van der Waals surface area contributed by atoms with E-state index in [1.165, 1.54) is 11.3 Å². The summed E-state index contributed by atoms with van der Waals surface area (Å²) in [5, 5.41) is 10.5. The van der Waals surface area contributed by atoms with Gasteiger partial charge in [0.2, 0.25) is 10.0 Å². The van der Waals surface area contributed by atoms with Crippen molar-refractivity contribution >= 4 is 21.4 Å². The van der Waals surface area contributed by atoms with Gasteiger partial charge in [-0.1, -0.05) is 13.8 Å². The van der Waals surface area contributed by atoms with Gasteiger partial charge in [0, 0.05) is 24.0 Å². The predicted octanol–water partition coefficient (Wildman–Crippen LogP) is 1.47. The Balaban J connectivity index is 2.59. The van der Waals surface area contributed by atoms with Crippen molar-refractivity contribution in [1.82, 2.24) is 9.71 Å². The Morgan fingerprint density at radius 1 is 1.65 bits per heavy atom. The quantitative estimate of drug-likeness (QED) is 0.850. The van der Waals surface area contributed by atoms with Gasteiger partial charge in [-0.25, -0.2) is 18.1 Å². The fourth-order valence-electron chi connectivity index (χ4n) is 1.29. The molecule has 1 rings (SSSR count). The first-order valence-corrected chi connectivity index (χ1v) is 7.71. The zero-order valence-electron chi connectivity index (χ0n) is 9.75. The summed E-state index contributed by atoms with van der Waals surface area (Å²) in [5.74, 6) is 0.0148. The molecule has 17 heavy (non-hydrogen) atoms. The maximum atomic E-state index is 11.7. The first-order valence-electron chi connectivity index (χ1n) is 5.28. The fourth-order valence-corrected chi connectivity index (χ4v) is 3.25. The maximum absolute atomic E-state index is 11.7. The molecule has 0 bridgehead atoms. The van der Waals surface area contributed by atoms with Crippen LogP contribution in [0.25, 0.3) is 0 Å². The second-order valence-corrected chi connectivity index (χ2v) is 6.56. The average Bonchev–Trinajstić information content (AvgIpc) is 2.80. The molecular formula is C10H15N3O2S2. The lowest BCUT2D eigenvalue weighted by atomic mass is 10.2. The summed E-state index contributed by atoms with van der Waals surface area (Å²) in [5.41, 5.74) is 0. The molecule has 1 heterocycles. The van der Waals surface area contributed by atoms with Crippen LogP contribution in [0.1, 0.15) is 31.2 Å². The maximum Gasteiger partial charge on any atom is 0.227 e. The normalized spacial score (nSPS) is 15.1. The number of nitrogens with one attached hydrogen (secondary N) is 1. The first-order chi connectivity index (χ1) is 8.01. The molecule has 0 amide bonds. The van der Waals surface area contributed by atoms with Gasteiger partial charge in [-0.15, -0.1) is 11.3 Å². The van der Waals surface area contributed by atoms with Crippen molar-refractivity contribution in [2.45, 2.75) is 31.4 Å². The van der Waals surface area contributed by atoms with Crippen molar-refractivity contribution in [2.75, 3.05) is 6.54 Å². The molecule has 0 aromatic carbocycles. The second kappa shape index (κ2) is 6.10. The van der Waals surface area contributed by atoms with E-state index in [1.807, 2.05) is 12.3 Å². The number of nitrogens with zero attached hydrogens (tertiary/aromatic N) is 2. The Bertz CT molecular complexity index is 476. The third-order valence-corrected chi connectivity index (χ3v) is 5.12. The van der Waals surface area contributed by atoms with Crippen LogP contribution in [0.4, 0.5) is 0 Å². The van der Waals surface area contributed by atoms with E-state index < -0.39 is 15.3 Å². The van der Waals surface area contributed by atoms with Crippen molar-refractivity contribution in [3.05, 3.63) is 16.6 Å². The van der Waals surface area contributed by atoms with E-state index in [1.54, 1.807) is 19.2 Å². The van der Waals surface area contributed by atoms with Gasteiger partial charge >= 0.3 is 0 Å². The van der Waals surface area contributed by atoms with Gasteiger partial charge in [0.1, 0.15) is 0 Å². The van der Waals surface area contributed by atoms with E-state index in [4.69, 9.17) is 5.26 Å². The molecule has 0 saturated heterocycles. The molecule has 0 fully saturated rings. The van der Waals surface area contributed by atoms with Crippen molar-refractivity contribution in [2.24, 2.45) is 0 Å². The molecule has 5 nitrogen and oxygen atoms in total. The van der Waals surface area contributed by atoms with Crippen LogP contribution in [-0.4, -0.2) is 25.2 Å². The summed E-state index contributed by atoms with van der Waals surface area (Å²) < 4.78 is 25.9. The first kappa shape index (κ1) is 14.1. The summed E-state index contributed by atoms with van der Waals surface area (Å²) in [4.78, 5) is 4.12. The third kappa shape index (κ3) is 3.77. The van der Waals surface area contributed by atoms with E-state index in [0.717, 1.165) is 5.01 Å². The Hall–Kier alpha value is -0.970. The van der Waals surface area contributed by atoms with Gasteiger partial charge in [0.05, 0.1) is 11.1 Å². The van der Waals surface area contributed by atoms with Crippen LogP contribution >= 0.6 is 11.3 Å². The number of aromatic nitrogens is 1. The molecule has 1 aromatic heterocycles. The SMILES string of the molecule is CCC(C#N)S(=O)(=O)NCC(C)c1nccs1. The fraction of sp³-hybridized carbons (Fsp3) is 0.600. The molecule has 0 aliphatic carbocycles. The van der Waals surface area contributed by atoms with Crippen LogP contribution in [0.2, 0.25) is 0 Å². The molecule has 0 aliphatic heterocycles. The van der Waals surface area contributed by atoms with E-state index in [9.17, 15) is 8.42 Å². The lowest BCUT2D eigenvalue weighted by Gasteiger charge is -2.12. The van der Waals surface area contributed by atoms with Crippen LogP contribution in [0.5, 0.6) is 0 Å². The topological polar surface area (TPSA) is 82.8 Å². The summed E-state index contributed by atoms with van der Waals surface area (Å²) in [6, 6.07) is 1.79. The Morgan fingerprint density at radius 3 is 2.82 bits per heavy atom. The van der Waals surface area contributed by atoms with Crippen LogP contribution in [-0.2, 0) is 10.0 Å². The number of hydrogen-bond acceptors (Lipinski definition) is 5. The summed E-state index contributed by atoms with van der Waals surface area (Å²) in [7, 11) is -3.54. The molecule has 0 aliphatic rings. The summed E-state index contributed by atoms with van der Waals surface area (Å²) in [6.07, 6.45) is 1.98. The number of hydrogen-bond donors (Lipinski definition) is 1. The standard InChI is InChI=1S/C10H15N3O2S2/c1-3-9(6-11)17(14,15)13-7-8(2)10-12-4-5-16-10/h4-5,8-9,13H,3,7H2,1-2H3. The molecule has 2 unspecified atom stereocenters. The third-order valence-electron chi connectivity index (χ3n) is 2.35. The molecule has 0 radical (unpaired) electrons. The van der Waals surface area contributed by atoms with Crippen LogP contribution in [0, 0.1) is 11.3 Å². The van der Waals surface area contributed by atoms with Gasteiger partial charge in [-0.2, -0.15) is 5.26 Å². The van der Waals surface area contributed by atoms with Gasteiger partial charge in [-0.3, -0.25) is 0 Å². The van der Waals surface area contributed by atoms with Crippen molar-refractivity contribution in [3.8, 4) is 6.07 Å². The van der Waals surface area contributed by atoms with E-state index in [2.05, 4.69) is 9.71 Å². The van der Waals surface area contributed by atoms with Crippen molar-refractivity contribution in [1.29, 1.82) is 5.26 Å². The number of thiazole rings is 1. The lowest BCUT2D eigenvalue weighted by Crippen LogP contribution is -2.35. The van der Waals surface area contributed by atoms with E-state index >= 15 is 0 Å². The molecule has 7 heteroatoms. The lowest BCUT2D eigenvalue weighted by molar-refractivity contribution is 0.566. The zero-order valence-corrected chi connectivity index (χ0v) is 11.4. The molecule has 1 N–H and O–H groups in total. The second-order valence-electron chi connectivity index (χ2n) is 3.69. The monoisotopic (exact) mass is 273 g/mol. The summed E-state index contributed by atoms with van der Waals surface area (Å²) in [6.45, 7) is 3.85. The van der Waals surface area contributed by atoms with Crippen LogP contribution in [0.3, 0.4) is 0 Å². The van der Waals surface area contributed by atoms with Crippen LogP contribution < -0.4 is 4.72 Å². The van der Waals surface area contributed by atoms with Gasteiger partial charge in [-0.05, 0) is 6.42 Å². The molecule has 2 atom stereocenters. The number of rotatable bonds is 6. The largest absolute Gasteiger partial charge is 0.249 e. The van der Waals surface area contributed by atoms with E-state index in [-0.39, 0.29) is 18.9 Å². The smallest absolute Gasteiger partial charge is 0.227 e. The number of nitriles is 1. The zero-order chi connectivity index (χ0) is 12.9. The Labute approximate surface area is 106 Å². The van der Waals surface area contributed by atoms with Crippen molar-refractivity contribution < 1.29 is 8.42 Å². The molecular weight excluding hydrogens is 258 g/mol. The minimum absolute atomic E-state index is 0.0148. The predicted molar refractivity (Wildman–Crippen MR) is 67.1 cm³/mol. The summed E-state index contributed by atoms with van der Waals surface area (Å²) >= 11 is 1.49.